The number of nitrogens with two attached hydrogens (primary N) is 1. The first-order chi connectivity index (χ1) is 6.17. The third kappa shape index (κ3) is 2.06. The van der Waals surface area contributed by atoms with Crippen LogP contribution in [0, 0.1) is 0 Å². The molecule has 1 heterocycles. The fraction of sp³-hybridized carbons (Fsp3) is 0.900. The van der Waals surface area contributed by atoms with Gasteiger partial charge >= 0.3 is 0 Å². The van der Waals surface area contributed by atoms with Crippen LogP contribution in [0.15, 0.2) is 0 Å². The van der Waals surface area contributed by atoms with Crippen LogP contribution in [0.25, 0.3) is 0 Å². The van der Waals surface area contributed by atoms with Gasteiger partial charge in [-0.2, -0.15) is 0 Å². The summed E-state index contributed by atoms with van der Waals surface area (Å²) in [7, 11) is 0. The zero-order chi connectivity index (χ0) is 11.1. The molecule has 0 saturated carbocycles. The third-order valence-electron chi connectivity index (χ3n) is 2.62. The van der Waals surface area contributed by atoms with Crippen LogP contribution in [0.2, 0.25) is 0 Å². The average Bonchev–Trinajstić information content (AvgIpc) is 1.96. The predicted molar refractivity (Wildman–Crippen MR) is 61.3 cm³/mol. The number of carbonyl (C=O) groups is 1. The highest BCUT2D eigenvalue weighted by Crippen LogP contribution is 2.54. The molecule has 1 atom stereocenters. The van der Waals surface area contributed by atoms with Gasteiger partial charge in [0.25, 0.3) is 0 Å². The van der Waals surface area contributed by atoms with Gasteiger partial charge in [-0.3, -0.25) is 4.79 Å². The second-order valence-corrected chi connectivity index (χ2v) is 7.35. The Morgan fingerprint density at radius 1 is 1.36 bits per heavy atom. The maximum Gasteiger partial charge on any atom is 0.236 e. The van der Waals surface area contributed by atoms with Gasteiger partial charge in [-0.1, -0.05) is 0 Å². The van der Waals surface area contributed by atoms with Gasteiger partial charge in [0, 0.05) is 9.49 Å². The summed E-state index contributed by atoms with van der Waals surface area (Å²) < 4.78 is 0.238. The van der Waals surface area contributed by atoms with Gasteiger partial charge in [0.2, 0.25) is 5.91 Å². The van der Waals surface area contributed by atoms with Gasteiger partial charge < -0.3 is 11.1 Å². The molecule has 3 N–H and O–H groups in total. The van der Waals surface area contributed by atoms with Crippen molar-refractivity contribution in [3.05, 3.63) is 0 Å². The van der Waals surface area contributed by atoms with E-state index in [0.717, 1.165) is 0 Å². The molecule has 0 aromatic heterocycles. The van der Waals surface area contributed by atoms with Crippen molar-refractivity contribution in [3.63, 3.8) is 0 Å². The number of thioether (sulfide) groups is 1. The SMILES string of the molecule is C[C@@H](N)C(=O)NC1C(C)(C)SC1(C)C. The molecule has 1 aliphatic heterocycles. The monoisotopic (exact) mass is 216 g/mol. The fourth-order valence-electron chi connectivity index (χ4n) is 2.20. The molecule has 0 radical (unpaired) electrons. The molecular weight excluding hydrogens is 196 g/mol. The lowest BCUT2D eigenvalue weighted by Gasteiger charge is -2.56. The Morgan fingerprint density at radius 2 is 1.79 bits per heavy atom. The molecule has 0 spiro atoms. The van der Waals surface area contributed by atoms with E-state index in [-0.39, 0.29) is 21.4 Å². The average molecular weight is 216 g/mol. The summed E-state index contributed by atoms with van der Waals surface area (Å²) in [5, 5.41) is 3.01. The Labute approximate surface area is 90.2 Å². The van der Waals surface area contributed by atoms with E-state index < -0.39 is 6.04 Å². The van der Waals surface area contributed by atoms with E-state index in [4.69, 9.17) is 5.73 Å². The van der Waals surface area contributed by atoms with Crippen molar-refractivity contribution in [1.29, 1.82) is 0 Å². The molecule has 0 aromatic rings. The van der Waals surface area contributed by atoms with E-state index >= 15 is 0 Å². The number of carbonyl (C=O) groups excluding carboxylic acids is 1. The molecule has 0 bridgehead atoms. The van der Waals surface area contributed by atoms with Crippen molar-refractivity contribution in [2.45, 2.75) is 56.2 Å². The summed E-state index contributed by atoms with van der Waals surface area (Å²) in [6, 6.07) is -0.217. The normalized spacial score (nSPS) is 26.4. The van der Waals surface area contributed by atoms with Gasteiger partial charge in [0.05, 0.1) is 12.1 Å². The maximum atomic E-state index is 11.5. The zero-order valence-corrected chi connectivity index (χ0v) is 10.4. The predicted octanol–water partition coefficient (Wildman–Crippen LogP) is 1.12. The first kappa shape index (κ1) is 11.9. The van der Waals surface area contributed by atoms with Crippen LogP contribution in [0.4, 0.5) is 0 Å². The molecule has 0 aromatic carbocycles. The quantitative estimate of drug-likeness (QED) is 0.727. The van der Waals surface area contributed by atoms with Crippen molar-refractivity contribution in [3.8, 4) is 0 Å². The summed E-state index contributed by atoms with van der Waals surface area (Å²) in [6.07, 6.45) is 0. The van der Waals surface area contributed by atoms with Crippen LogP contribution in [-0.2, 0) is 4.79 Å². The van der Waals surface area contributed by atoms with Crippen molar-refractivity contribution < 1.29 is 4.79 Å². The van der Waals surface area contributed by atoms with Crippen LogP contribution in [0.1, 0.15) is 34.6 Å². The highest BCUT2D eigenvalue weighted by molar-refractivity contribution is 8.03. The second kappa shape index (κ2) is 3.42. The fourth-order valence-corrected chi connectivity index (χ4v) is 4.31. The van der Waals surface area contributed by atoms with Crippen molar-refractivity contribution in [2.75, 3.05) is 0 Å². The number of rotatable bonds is 2. The van der Waals surface area contributed by atoms with Crippen molar-refractivity contribution in [1.82, 2.24) is 5.32 Å². The summed E-state index contributed by atoms with van der Waals surface area (Å²) in [4.78, 5) is 11.5. The standard InChI is InChI=1S/C10H20N2OS/c1-6(11)7(13)12-8-9(2,3)14-10(8,4)5/h6,8H,11H2,1-5H3,(H,12,13)/t6-/m1/s1. The highest BCUT2D eigenvalue weighted by atomic mass is 32.2. The molecule has 1 rings (SSSR count). The molecule has 4 heteroatoms. The zero-order valence-electron chi connectivity index (χ0n) is 9.55. The van der Waals surface area contributed by atoms with Crippen molar-refractivity contribution in [2.24, 2.45) is 5.73 Å². The van der Waals surface area contributed by atoms with Crippen LogP contribution < -0.4 is 11.1 Å². The topological polar surface area (TPSA) is 55.1 Å². The minimum absolute atomic E-state index is 0.0588. The van der Waals surface area contributed by atoms with E-state index in [1.54, 1.807) is 6.92 Å². The van der Waals surface area contributed by atoms with Crippen LogP contribution in [-0.4, -0.2) is 27.5 Å². The number of amides is 1. The highest BCUT2D eigenvalue weighted by Gasteiger charge is 2.54. The summed E-state index contributed by atoms with van der Waals surface area (Å²) in [6.45, 7) is 10.3. The lowest BCUT2D eigenvalue weighted by Crippen LogP contribution is -2.68. The van der Waals surface area contributed by atoms with E-state index in [2.05, 4.69) is 33.0 Å². The van der Waals surface area contributed by atoms with E-state index in [0.29, 0.717) is 0 Å². The summed E-state index contributed by atoms with van der Waals surface area (Å²) in [5.74, 6) is -0.0588. The van der Waals surface area contributed by atoms with E-state index in [9.17, 15) is 4.79 Å². The van der Waals surface area contributed by atoms with Gasteiger partial charge in [-0.05, 0) is 34.6 Å². The second-order valence-electron chi connectivity index (χ2n) is 5.04. The molecule has 1 amide bonds. The largest absolute Gasteiger partial charge is 0.349 e. The lowest BCUT2D eigenvalue weighted by atomic mass is 9.89. The molecule has 14 heavy (non-hydrogen) atoms. The lowest BCUT2D eigenvalue weighted by molar-refractivity contribution is -0.123. The first-order valence-electron chi connectivity index (χ1n) is 4.93. The molecule has 1 saturated heterocycles. The molecule has 3 nitrogen and oxygen atoms in total. The van der Waals surface area contributed by atoms with Crippen molar-refractivity contribution >= 4 is 17.7 Å². The maximum absolute atomic E-state index is 11.5. The molecule has 1 fully saturated rings. The first-order valence-corrected chi connectivity index (χ1v) is 5.74. The molecule has 82 valence electrons. The van der Waals surface area contributed by atoms with Gasteiger partial charge in [-0.25, -0.2) is 0 Å². The Balaban J connectivity index is 2.63. The smallest absolute Gasteiger partial charge is 0.236 e. The van der Waals surface area contributed by atoms with Gasteiger partial charge in [0.1, 0.15) is 0 Å². The molecule has 1 aliphatic rings. The third-order valence-corrected chi connectivity index (χ3v) is 4.14. The molecule has 0 unspecified atom stereocenters. The van der Waals surface area contributed by atoms with Crippen LogP contribution in [0.3, 0.4) is 0 Å². The minimum atomic E-state index is -0.424. The van der Waals surface area contributed by atoms with E-state index in [1.807, 2.05) is 11.8 Å². The minimum Gasteiger partial charge on any atom is -0.349 e. The number of nitrogens with one attached hydrogen (secondary N) is 1. The van der Waals surface area contributed by atoms with Crippen LogP contribution in [0.5, 0.6) is 0 Å². The Hall–Kier alpha value is -0.220. The van der Waals surface area contributed by atoms with Crippen LogP contribution >= 0.6 is 11.8 Å². The number of hydrogen-bond donors (Lipinski definition) is 2. The molecular formula is C10H20N2OS. The Morgan fingerprint density at radius 3 is 2.07 bits per heavy atom. The number of hydrogen-bond acceptors (Lipinski definition) is 3. The Kier molecular flexibility index (Phi) is 2.89. The van der Waals surface area contributed by atoms with E-state index in [1.165, 1.54) is 0 Å². The van der Waals surface area contributed by atoms with Gasteiger partial charge in [-0.15, -0.1) is 11.8 Å². The van der Waals surface area contributed by atoms with Gasteiger partial charge in [0.15, 0.2) is 0 Å². The summed E-state index contributed by atoms with van der Waals surface area (Å²) >= 11 is 1.89. The molecule has 0 aliphatic carbocycles. The Bertz CT molecular complexity index is 235. The summed E-state index contributed by atoms with van der Waals surface area (Å²) in [5.41, 5.74) is 5.52.